The van der Waals surface area contributed by atoms with Crippen LogP contribution < -0.4 is 4.74 Å². The van der Waals surface area contributed by atoms with E-state index in [4.69, 9.17) is 4.74 Å². The third-order valence-corrected chi connectivity index (χ3v) is 4.70. The van der Waals surface area contributed by atoms with Crippen molar-refractivity contribution >= 4 is 16.6 Å². The number of alkyl halides is 2. The first-order valence-corrected chi connectivity index (χ1v) is 9.09. The molecule has 0 aliphatic heterocycles. The van der Waals surface area contributed by atoms with E-state index in [0.717, 1.165) is 4.68 Å². The summed E-state index contributed by atoms with van der Waals surface area (Å²) < 4.78 is 38.8. The van der Waals surface area contributed by atoms with Crippen LogP contribution in [0.25, 0.3) is 10.9 Å². The number of aromatic nitrogens is 6. The van der Waals surface area contributed by atoms with Gasteiger partial charge in [0.2, 0.25) is 5.82 Å². The van der Waals surface area contributed by atoms with Crippen LogP contribution in [-0.2, 0) is 13.0 Å². The number of nitrogens with zero attached hydrogens (tertiary/aromatic N) is 7. The van der Waals surface area contributed by atoms with Crippen LogP contribution in [0.4, 0.5) is 8.78 Å². The Morgan fingerprint density at radius 1 is 1.17 bits per heavy atom. The Hall–Kier alpha value is -3.69. The van der Waals surface area contributed by atoms with Gasteiger partial charge in [0.1, 0.15) is 5.75 Å². The largest absolute Gasteiger partial charge is 0.495 e. The van der Waals surface area contributed by atoms with Crippen molar-refractivity contribution in [3.63, 3.8) is 0 Å². The Labute approximate surface area is 170 Å². The Morgan fingerprint density at radius 3 is 2.67 bits per heavy atom. The predicted octanol–water partition coefficient (Wildman–Crippen LogP) is 3.29. The molecule has 154 valence electrons. The van der Waals surface area contributed by atoms with Gasteiger partial charge in [-0.15, -0.1) is 10.2 Å². The zero-order valence-electron chi connectivity index (χ0n) is 16.8. The van der Waals surface area contributed by atoms with Crippen molar-refractivity contribution in [1.29, 1.82) is 0 Å². The van der Waals surface area contributed by atoms with Gasteiger partial charge in [-0.25, -0.2) is 0 Å². The molecule has 0 spiro atoms. The molecule has 0 saturated heterocycles. The topological polar surface area (TPSA) is 83.0 Å². The predicted molar refractivity (Wildman–Crippen MR) is 107 cm³/mol. The van der Waals surface area contributed by atoms with Crippen molar-refractivity contribution < 1.29 is 13.5 Å². The van der Waals surface area contributed by atoms with Crippen LogP contribution in [0.3, 0.4) is 0 Å². The summed E-state index contributed by atoms with van der Waals surface area (Å²) in [6.07, 6.45) is 4.90. The molecule has 0 N–H and O–H groups in total. The minimum Gasteiger partial charge on any atom is -0.495 e. The van der Waals surface area contributed by atoms with Gasteiger partial charge in [-0.2, -0.15) is 23.7 Å². The number of pyridine rings is 1. The fraction of sp³-hybridized carbons (Fsp3) is 0.250. The van der Waals surface area contributed by atoms with E-state index in [-0.39, 0.29) is 11.4 Å². The first-order valence-electron chi connectivity index (χ1n) is 9.09. The van der Waals surface area contributed by atoms with Crippen molar-refractivity contribution in [3.8, 4) is 5.75 Å². The fourth-order valence-corrected chi connectivity index (χ4v) is 3.04. The van der Waals surface area contributed by atoms with E-state index in [1.807, 2.05) is 0 Å². The van der Waals surface area contributed by atoms with Gasteiger partial charge in [0.15, 0.2) is 5.82 Å². The van der Waals surface area contributed by atoms with Crippen LogP contribution in [0.5, 0.6) is 5.75 Å². The number of hydrogen-bond donors (Lipinski definition) is 0. The molecule has 30 heavy (non-hydrogen) atoms. The highest BCUT2D eigenvalue weighted by Gasteiger charge is 2.40. The summed E-state index contributed by atoms with van der Waals surface area (Å²) in [7, 11) is 3.26. The molecule has 4 aromatic rings. The van der Waals surface area contributed by atoms with Gasteiger partial charge in [-0.3, -0.25) is 9.67 Å². The highest BCUT2D eigenvalue weighted by molar-refractivity contribution is 5.98. The van der Waals surface area contributed by atoms with E-state index < -0.39 is 11.7 Å². The van der Waals surface area contributed by atoms with Gasteiger partial charge in [0.05, 0.1) is 30.7 Å². The molecular weight excluding hydrogens is 392 g/mol. The molecule has 0 atom stereocenters. The van der Waals surface area contributed by atoms with Crippen LogP contribution in [-0.4, -0.2) is 42.5 Å². The lowest BCUT2D eigenvalue weighted by Crippen LogP contribution is -2.21. The molecule has 8 nitrogen and oxygen atoms in total. The maximum atomic E-state index is 15.5. The van der Waals surface area contributed by atoms with Gasteiger partial charge < -0.3 is 4.74 Å². The summed E-state index contributed by atoms with van der Waals surface area (Å²) in [4.78, 5) is 4.21. The van der Waals surface area contributed by atoms with Gasteiger partial charge in [-0.05, 0) is 32.0 Å². The maximum Gasteiger partial charge on any atom is 0.333 e. The van der Waals surface area contributed by atoms with Crippen molar-refractivity contribution in [2.45, 2.75) is 19.8 Å². The smallest absolute Gasteiger partial charge is 0.333 e. The number of methoxy groups -OCH3 is 1. The van der Waals surface area contributed by atoms with Crippen molar-refractivity contribution in [1.82, 2.24) is 29.6 Å². The number of halogens is 2. The van der Waals surface area contributed by atoms with E-state index in [9.17, 15) is 0 Å². The Kier molecular flexibility index (Phi) is 4.76. The zero-order chi connectivity index (χ0) is 21.5. The van der Waals surface area contributed by atoms with E-state index in [2.05, 4.69) is 25.4 Å². The lowest BCUT2D eigenvalue weighted by molar-refractivity contribution is 0.0293. The standard InChI is InChI=1S/C20H19F2N7O/c1-12(15-9-24-28(3)11-15)27-29-13(2)25-26-19(29)20(21,22)16-5-6-18-14(7-16)8-17(30-4)10-23-18/h5-11H,1-4H3/b27-12+. The normalized spacial score (nSPS) is 12.5. The number of fused-ring (bicyclic) bond motifs is 1. The molecule has 0 fully saturated rings. The average molecular weight is 411 g/mol. The molecular formula is C20H19F2N7O. The van der Waals surface area contributed by atoms with E-state index in [1.165, 1.54) is 31.5 Å². The molecule has 0 radical (unpaired) electrons. The minimum atomic E-state index is -3.43. The number of benzene rings is 1. The second-order valence-electron chi connectivity index (χ2n) is 6.83. The number of hydrogen-bond acceptors (Lipinski definition) is 6. The minimum absolute atomic E-state index is 0.243. The summed E-state index contributed by atoms with van der Waals surface area (Å²) in [5.41, 5.74) is 1.56. The van der Waals surface area contributed by atoms with Gasteiger partial charge in [0, 0.05) is 29.8 Å². The summed E-state index contributed by atoms with van der Waals surface area (Å²) >= 11 is 0. The highest BCUT2D eigenvalue weighted by Crippen LogP contribution is 2.36. The van der Waals surface area contributed by atoms with E-state index >= 15 is 8.78 Å². The molecule has 0 amide bonds. The van der Waals surface area contributed by atoms with Gasteiger partial charge in [0.25, 0.3) is 0 Å². The molecule has 0 bridgehead atoms. The molecule has 0 unspecified atom stereocenters. The molecule has 0 aliphatic carbocycles. The first-order chi connectivity index (χ1) is 14.3. The van der Waals surface area contributed by atoms with Gasteiger partial charge >= 0.3 is 5.92 Å². The Bertz CT molecular complexity index is 1260. The lowest BCUT2D eigenvalue weighted by Gasteiger charge is -2.16. The second kappa shape index (κ2) is 7.29. The quantitative estimate of drug-likeness (QED) is 0.471. The Morgan fingerprint density at radius 2 is 1.97 bits per heavy atom. The maximum absolute atomic E-state index is 15.5. The highest BCUT2D eigenvalue weighted by atomic mass is 19.3. The molecule has 10 heteroatoms. The van der Waals surface area contributed by atoms with Crippen LogP contribution in [0.1, 0.15) is 29.7 Å². The molecule has 3 heterocycles. The van der Waals surface area contributed by atoms with E-state index in [0.29, 0.717) is 27.9 Å². The lowest BCUT2D eigenvalue weighted by atomic mass is 10.0. The van der Waals surface area contributed by atoms with Crippen LogP contribution in [0.15, 0.2) is 48.0 Å². The molecule has 0 saturated carbocycles. The summed E-state index contributed by atoms with van der Waals surface area (Å²) in [5.74, 6) is -3.27. The molecule has 0 aliphatic rings. The average Bonchev–Trinajstić information content (AvgIpc) is 3.33. The van der Waals surface area contributed by atoms with Crippen molar-refractivity contribution in [2.75, 3.05) is 7.11 Å². The second-order valence-corrected chi connectivity index (χ2v) is 6.83. The van der Waals surface area contributed by atoms with Crippen LogP contribution in [0, 0.1) is 6.92 Å². The SMILES string of the molecule is COc1cnc2ccc(C(F)(F)c3nnc(C)n3/N=C(\C)c3cnn(C)c3)cc2c1. The Balaban J connectivity index is 1.79. The number of aryl methyl sites for hydroxylation is 2. The fourth-order valence-electron chi connectivity index (χ4n) is 3.04. The van der Waals surface area contributed by atoms with Crippen LogP contribution >= 0.6 is 0 Å². The molecule has 4 rings (SSSR count). The monoisotopic (exact) mass is 411 g/mol. The third-order valence-electron chi connectivity index (χ3n) is 4.70. The number of ether oxygens (including phenoxy) is 1. The first kappa shape index (κ1) is 19.6. The zero-order valence-corrected chi connectivity index (χ0v) is 16.8. The van der Waals surface area contributed by atoms with Crippen molar-refractivity contribution in [2.24, 2.45) is 12.1 Å². The summed E-state index contributed by atoms with van der Waals surface area (Å²) in [6, 6.07) is 5.89. The number of rotatable bonds is 5. The molecule has 3 aromatic heterocycles. The summed E-state index contributed by atoms with van der Waals surface area (Å²) in [5, 5.41) is 16.5. The summed E-state index contributed by atoms with van der Waals surface area (Å²) in [6.45, 7) is 3.29. The van der Waals surface area contributed by atoms with Crippen LogP contribution in [0.2, 0.25) is 0 Å². The van der Waals surface area contributed by atoms with Gasteiger partial charge in [-0.1, -0.05) is 6.07 Å². The van der Waals surface area contributed by atoms with Crippen molar-refractivity contribution in [3.05, 3.63) is 65.6 Å². The van der Waals surface area contributed by atoms with E-state index in [1.54, 1.807) is 44.0 Å². The molecule has 1 aromatic carbocycles. The third kappa shape index (κ3) is 3.40.